The van der Waals surface area contributed by atoms with Gasteiger partial charge in [-0.25, -0.2) is 4.79 Å². The van der Waals surface area contributed by atoms with Gasteiger partial charge in [0.05, 0.1) is 18.1 Å². The second-order valence-electron chi connectivity index (χ2n) is 6.55. The Morgan fingerprint density at radius 3 is 2.61 bits per heavy atom. The van der Waals surface area contributed by atoms with Crippen LogP contribution in [0.1, 0.15) is 39.2 Å². The molecule has 126 valence electrons. The number of methoxy groups -OCH3 is 1. The summed E-state index contributed by atoms with van der Waals surface area (Å²) in [5, 5.41) is 2.84. The van der Waals surface area contributed by atoms with E-state index < -0.39 is 5.54 Å². The zero-order valence-corrected chi connectivity index (χ0v) is 15.6. The van der Waals surface area contributed by atoms with Crippen LogP contribution in [0, 0.1) is 5.92 Å². The third-order valence-corrected chi connectivity index (χ3v) is 4.74. The number of hydrogen-bond acceptors (Lipinski definition) is 3. The average Bonchev–Trinajstić information content (AvgIpc) is 2.69. The molecule has 1 aliphatic rings. The highest BCUT2D eigenvalue weighted by atomic mass is 79.9. The van der Waals surface area contributed by atoms with Crippen LogP contribution >= 0.6 is 15.9 Å². The first-order valence-corrected chi connectivity index (χ1v) is 8.52. The zero-order chi connectivity index (χ0) is 17.2. The number of urea groups is 1. The smallest absolute Gasteiger partial charge is 0.325 e. The number of hydrogen-bond donors (Lipinski definition) is 1. The first kappa shape index (κ1) is 17.8. The number of halogens is 1. The van der Waals surface area contributed by atoms with Crippen LogP contribution in [-0.4, -0.2) is 29.5 Å². The van der Waals surface area contributed by atoms with Crippen molar-refractivity contribution in [3.05, 3.63) is 28.2 Å². The van der Waals surface area contributed by atoms with Crippen LogP contribution < -0.4 is 10.1 Å². The molecule has 1 heterocycles. The third kappa shape index (κ3) is 3.86. The molecule has 0 bridgehead atoms. The minimum absolute atomic E-state index is 0.157. The number of ether oxygens (including phenoxy) is 1. The lowest BCUT2D eigenvalue weighted by Crippen LogP contribution is -2.44. The molecule has 3 amide bonds. The lowest BCUT2D eigenvalue weighted by molar-refractivity contribution is -0.131. The van der Waals surface area contributed by atoms with Gasteiger partial charge in [-0.05, 0) is 59.3 Å². The molecule has 0 unspecified atom stereocenters. The van der Waals surface area contributed by atoms with Crippen molar-refractivity contribution in [2.24, 2.45) is 5.92 Å². The van der Waals surface area contributed by atoms with E-state index in [2.05, 4.69) is 35.1 Å². The molecule has 0 saturated carbocycles. The molecule has 1 N–H and O–H groups in total. The normalized spacial score (nSPS) is 21.0. The van der Waals surface area contributed by atoms with Gasteiger partial charge in [0.2, 0.25) is 0 Å². The van der Waals surface area contributed by atoms with Crippen LogP contribution in [0.4, 0.5) is 4.79 Å². The lowest BCUT2D eigenvalue weighted by atomic mass is 9.92. The van der Waals surface area contributed by atoms with Gasteiger partial charge >= 0.3 is 6.03 Å². The maximum Gasteiger partial charge on any atom is 0.325 e. The summed E-state index contributed by atoms with van der Waals surface area (Å²) in [5.41, 5.74) is 0.0692. The van der Waals surface area contributed by atoms with E-state index in [9.17, 15) is 9.59 Å². The molecule has 1 aromatic carbocycles. The van der Waals surface area contributed by atoms with Crippen molar-refractivity contribution < 1.29 is 14.3 Å². The molecule has 2 rings (SSSR count). The highest BCUT2D eigenvalue weighted by Gasteiger charge is 2.47. The van der Waals surface area contributed by atoms with E-state index in [0.29, 0.717) is 18.1 Å². The molecule has 5 nitrogen and oxygen atoms in total. The van der Waals surface area contributed by atoms with Crippen LogP contribution in [0.3, 0.4) is 0 Å². The summed E-state index contributed by atoms with van der Waals surface area (Å²) < 4.78 is 5.99. The van der Waals surface area contributed by atoms with Crippen molar-refractivity contribution in [3.63, 3.8) is 0 Å². The van der Waals surface area contributed by atoms with Crippen molar-refractivity contribution in [1.29, 1.82) is 0 Å². The predicted octanol–water partition coefficient (Wildman–Crippen LogP) is 3.70. The van der Waals surface area contributed by atoms with Crippen molar-refractivity contribution in [1.82, 2.24) is 10.2 Å². The maximum atomic E-state index is 12.7. The van der Waals surface area contributed by atoms with Gasteiger partial charge in [0.15, 0.2) is 0 Å². The highest BCUT2D eigenvalue weighted by molar-refractivity contribution is 9.10. The van der Waals surface area contributed by atoms with Crippen LogP contribution in [0.25, 0.3) is 0 Å². The Kier molecular flexibility index (Phi) is 5.34. The van der Waals surface area contributed by atoms with E-state index in [1.165, 1.54) is 4.90 Å². The number of carbonyl (C=O) groups excluding carboxylic acids is 2. The second-order valence-corrected chi connectivity index (χ2v) is 7.41. The summed E-state index contributed by atoms with van der Waals surface area (Å²) in [7, 11) is 1.59. The topological polar surface area (TPSA) is 58.6 Å². The molecule has 23 heavy (non-hydrogen) atoms. The first-order valence-electron chi connectivity index (χ1n) is 7.73. The van der Waals surface area contributed by atoms with E-state index in [1.807, 2.05) is 18.2 Å². The van der Waals surface area contributed by atoms with E-state index in [1.54, 1.807) is 14.0 Å². The van der Waals surface area contributed by atoms with Gasteiger partial charge in [-0.2, -0.15) is 0 Å². The largest absolute Gasteiger partial charge is 0.496 e. The third-order valence-electron chi connectivity index (χ3n) is 4.12. The molecule has 0 radical (unpaired) electrons. The molecule has 0 aromatic heterocycles. The van der Waals surface area contributed by atoms with Gasteiger partial charge in [-0.15, -0.1) is 0 Å². The Hall–Kier alpha value is -1.56. The Morgan fingerprint density at radius 2 is 2.04 bits per heavy atom. The number of imide groups is 1. The monoisotopic (exact) mass is 382 g/mol. The fourth-order valence-corrected chi connectivity index (χ4v) is 3.22. The number of carbonyl (C=O) groups is 2. The number of rotatable bonds is 6. The zero-order valence-electron chi connectivity index (χ0n) is 14.0. The molecule has 1 aromatic rings. The Balaban J connectivity index is 2.13. The summed E-state index contributed by atoms with van der Waals surface area (Å²) in [6.07, 6.45) is 1.54. The van der Waals surface area contributed by atoms with Crippen molar-refractivity contribution in [2.75, 3.05) is 7.11 Å². The summed E-state index contributed by atoms with van der Waals surface area (Å²) >= 11 is 3.42. The van der Waals surface area contributed by atoms with Crippen molar-refractivity contribution >= 4 is 27.9 Å². The quantitative estimate of drug-likeness (QED) is 0.762. The average molecular weight is 383 g/mol. The summed E-state index contributed by atoms with van der Waals surface area (Å²) in [5.74, 6) is 1.05. The Bertz CT molecular complexity index is 618. The molecule has 1 fully saturated rings. The highest BCUT2D eigenvalue weighted by Crippen LogP contribution is 2.29. The number of nitrogens with one attached hydrogen (secondary N) is 1. The molecule has 0 aliphatic carbocycles. The van der Waals surface area contributed by atoms with Gasteiger partial charge < -0.3 is 10.1 Å². The van der Waals surface area contributed by atoms with Crippen LogP contribution in [0.15, 0.2) is 22.7 Å². The van der Waals surface area contributed by atoms with Crippen LogP contribution in [0.5, 0.6) is 5.75 Å². The van der Waals surface area contributed by atoms with E-state index >= 15 is 0 Å². The number of benzene rings is 1. The molecule has 6 heteroatoms. The molecular formula is C17H23BrN2O3. The van der Waals surface area contributed by atoms with Crippen molar-refractivity contribution in [3.8, 4) is 5.75 Å². The summed E-state index contributed by atoms with van der Waals surface area (Å²) in [4.78, 5) is 26.2. The van der Waals surface area contributed by atoms with Gasteiger partial charge in [-0.3, -0.25) is 9.69 Å². The van der Waals surface area contributed by atoms with Crippen LogP contribution in [-0.2, 0) is 11.3 Å². The summed E-state index contributed by atoms with van der Waals surface area (Å²) in [6, 6.07) is 5.21. The number of amides is 3. The van der Waals surface area contributed by atoms with E-state index in [-0.39, 0.29) is 18.5 Å². The Labute approximate surface area is 145 Å². The molecule has 0 spiro atoms. The first-order chi connectivity index (χ1) is 10.8. The number of nitrogens with zero attached hydrogens (tertiary/aromatic N) is 1. The van der Waals surface area contributed by atoms with Gasteiger partial charge in [0, 0.05) is 0 Å². The minimum Gasteiger partial charge on any atom is -0.496 e. The minimum atomic E-state index is -0.801. The SMILES string of the molecule is COc1ccc(CN2C(=O)N[C@@](C)(CCC(C)C)C2=O)cc1Br. The summed E-state index contributed by atoms with van der Waals surface area (Å²) in [6.45, 7) is 6.28. The lowest BCUT2D eigenvalue weighted by Gasteiger charge is -2.22. The second kappa shape index (κ2) is 6.91. The maximum absolute atomic E-state index is 12.7. The van der Waals surface area contributed by atoms with Crippen LogP contribution in [0.2, 0.25) is 0 Å². The molecule has 1 saturated heterocycles. The van der Waals surface area contributed by atoms with E-state index in [4.69, 9.17) is 4.74 Å². The van der Waals surface area contributed by atoms with Gasteiger partial charge in [0.25, 0.3) is 5.91 Å². The Morgan fingerprint density at radius 1 is 1.35 bits per heavy atom. The van der Waals surface area contributed by atoms with Gasteiger partial charge in [-0.1, -0.05) is 19.9 Å². The van der Waals surface area contributed by atoms with Crippen molar-refractivity contribution in [2.45, 2.75) is 45.7 Å². The predicted molar refractivity (Wildman–Crippen MR) is 92.3 cm³/mol. The molecule has 1 atom stereocenters. The fraction of sp³-hybridized carbons (Fsp3) is 0.529. The fourth-order valence-electron chi connectivity index (χ4n) is 2.63. The standard InChI is InChI=1S/C17H23BrN2O3/c1-11(2)7-8-17(3)15(21)20(16(22)19-17)10-12-5-6-14(23-4)13(18)9-12/h5-6,9,11H,7-8,10H2,1-4H3,(H,19,22)/t17-/m0/s1. The van der Waals surface area contributed by atoms with Gasteiger partial charge in [0.1, 0.15) is 11.3 Å². The molecular weight excluding hydrogens is 360 g/mol. The van der Waals surface area contributed by atoms with E-state index in [0.717, 1.165) is 16.5 Å². The molecule has 1 aliphatic heterocycles.